The van der Waals surface area contributed by atoms with Gasteiger partial charge in [-0.25, -0.2) is 4.98 Å². The normalized spacial score (nSPS) is 14.3. The van der Waals surface area contributed by atoms with E-state index in [4.69, 9.17) is 10.2 Å². The third-order valence-electron chi connectivity index (χ3n) is 3.30. The standard InChI is InChI=1S/C15H13N3O5S2/c19-4-3-18-12(20)6-10(14(18)23)16-8-1-2-9-11(5-8)25-15(17-9)24-7-13(21)22/h1-2,5-6,16,19H,3-4,7H2,(H,21,22). The first kappa shape index (κ1) is 17.4. The first-order valence-electron chi connectivity index (χ1n) is 7.18. The number of hydrogen-bond acceptors (Lipinski definition) is 8. The number of amides is 2. The second kappa shape index (κ2) is 7.21. The van der Waals surface area contributed by atoms with Gasteiger partial charge in [0.05, 0.1) is 29.1 Å². The Bertz CT molecular complexity index is 892. The number of aromatic nitrogens is 1. The third kappa shape index (κ3) is 3.81. The van der Waals surface area contributed by atoms with Gasteiger partial charge in [0, 0.05) is 11.8 Å². The van der Waals surface area contributed by atoms with Crippen LogP contribution in [-0.2, 0) is 14.4 Å². The Kier molecular flexibility index (Phi) is 5.02. The molecule has 1 aliphatic rings. The molecule has 0 saturated carbocycles. The summed E-state index contributed by atoms with van der Waals surface area (Å²) in [6, 6.07) is 5.26. The molecule has 0 bridgehead atoms. The van der Waals surface area contributed by atoms with Gasteiger partial charge in [-0.05, 0) is 18.2 Å². The summed E-state index contributed by atoms with van der Waals surface area (Å²) in [6.07, 6.45) is 1.20. The van der Waals surface area contributed by atoms with Gasteiger partial charge < -0.3 is 15.5 Å². The fourth-order valence-electron chi connectivity index (χ4n) is 2.23. The van der Waals surface area contributed by atoms with E-state index in [1.165, 1.54) is 17.4 Å². The molecule has 25 heavy (non-hydrogen) atoms. The van der Waals surface area contributed by atoms with Crippen molar-refractivity contribution in [1.29, 1.82) is 0 Å². The van der Waals surface area contributed by atoms with Crippen LogP contribution in [0.1, 0.15) is 0 Å². The Labute approximate surface area is 150 Å². The van der Waals surface area contributed by atoms with Gasteiger partial charge in [0.25, 0.3) is 11.8 Å². The van der Waals surface area contributed by atoms with E-state index in [-0.39, 0.29) is 24.6 Å². The quantitative estimate of drug-likeness (QED) is 0.484. The molecule has 8 nitrogen and oxygen atoms in total. The number of thioether (sulfide) groups is 1. The molecular weight excluding hydrogens is 366 g/mol. The van der Waals surface area contributed by atoms with E-state index >= 15 is 0 Å². The summed E-state index contributed by atoms with van der Waals surface area (Å²) in [7, 11) is 0. The molecule has 0 atom stereocenters. The van der Waals surface area contributed by atoms with Gasteiger partial charge in [0.1, 0.15) is 5.70 Å². The largest absolute Gasteiger partial charge is 0.481 e. The van der Waals surface area contributed by atoms with Crippen molar-refractivity contribution in [3.8, 4) is 0 Å². The first-order valence-corrected chi connectivity index (χ1v) is 8.98. The van der Waals surface area contributed by atoms with Gasteiger partial charge in [0.2, 0.25) is 0 Å². The highest BCUT2D eigenvalue weighted by atomic mass is 32.2. The number of thiazole rings is 1. The minimum Gasteiger partial charge on any atom is -0.481 e. The summed E-state index contributed by atoms with van der Waals surface area (Å²) in [6.45, 7) is -0.334. The maximum Gasteiger partial charge on any atom is 0.313 e. The van der Waals surface area contributed by atoms with Gasteiger partial charge in [-0.3, -0.25) is 19.3 Å². The van der Waals surface area contributed by atoms with Crippen molar-refractivity contribution in [1.82, 2.24) is 9.88 Å². The SMILES string of the molecule is O=C(O)CSc1nc2ccc(NC3=CC(=O)N(CCO)C3=O)cc2s1. The molecule has 3 rings (SSSR count). The van der Waals surface area contributed by atoms with Gasteiger partial charge in [-0.15, -0.1) is 11.3 Å². The molecule has 1 aromatic heterocycles. The number of aliphatic hydroxyl groups is 1. The Hall–Kier alpha value is -2.43. The van der Waals surface area contributed by atoms with E-state index in [1.807, 2.05) is 0 Å². The summed E-state index contributed by atoms with van der Waals surface area (Å²) in [4.78, 5) is 39.8. The molecule has 0 unspecified atom stereocenters. The Morgan fingerprint density at radius 3 is 2.88 bits per heavy atom. The van der Waals surface area contributed by atoms with Crippen LogP contribution in [0.2, 0.25) is 0 Å². The smallest absolute Gasteiger partial charge is 0.313 e. The molecule has 2 amide bonds. The molecular formula is C15H13N3O5S2. The number of benzene rings is 1. The number of β-amino-alcohol motifs (C(OH)–C–C–N with tert-alkyl or cyclic N) is 1. The molecule has 2 aromatic rings. The van der Waals surface area contributed by atoms with Crippen LogP contribution in [0, 0.1) is 0 Å². The fourth-order valence-corrected chi connectivity index (χ4v) is 4.06. The molecule has 1 aliphatic heterocycles. The van der Waals surface area contributed by atoms with Crippen LogP contribution in [0.5, 0.6) is 0 Å². The van der Waals surface area contributed by atoms with Gasteiger partial charge >= 0.3 is 5.97 Å². The van der Waals surface area contributed by atoms with Crippen LogP contribution in [0.3, 0.4) is 0 Å². The number of fused-ring (bicyclic) bond motifs is 1. The summed E-state index contributed by atoms with van der Waals surface area (Å²) in [5.41, 5.74) is 1.49. The molecule has 2 heterocycles. The fraction of sp³-hybridized carbons (Fsp3) is 0.200. The number of carbonyl (C=O) groups is 3. The lowest BCUT2D eigenvalue weighted by Gasteiger charge is -2.13. The number of hydrogen-bond donors (Lipinski definition) is 3. The molecule has 130 valence electrons. The number of carboxylic acids is 1. The van der Waals surface area contributed by atoms with Crippen LogP contribution in [0.25, 0.3) is 10.2 Å². The predicted octanol–water partition coefficient (Wildman–Crippen LogP) is 1.13. The number of imide groups is 1. The van der Waals surface area contributed by atoms with Crippen molar-refractivity contribution < 1.29 is 24.6 Å². The van der Waals surface area contributed by atoms with Crippen molar-refractivity contribution in [2.75, 3.05) is 24.2 Å². The van der Waals surface area contributed by atoms with Crippen molar-refractivity contribution in [3.63, 3.8) is 0 Å². The van der Waals surface area contributed by atoms with E-state index in [0.29, 0.717) is 10.0 Å². The third-order valence-corrected chi connectivity index (χ3v) is 5.45. The maximum absolute atomic E-state index is 12.1. The van der Waals surface area contributed by atoms with E-state index in [2.05, 4.69) is 10.3 Å². The lowest BCUT2D eigenvalue weighted by Crippen LogP contribution is -2.34. The number of nitrogens with zero attached hydrogens (tertiary/aromatic N) is 2. The monoisotopic (exact) mass is 379 g/mol. The zero-order valence-corrected chi connectivity index (χ0v) is 14.4. The molecule has 0 saturated heterocycles. The predicted molar refractivity (Wildman–Crippen MR) is 93.5 cm³/mol. The van der Waals surface area contributed by atoms with E-state index in [1.54, 1.807) is 18.2 Å². The van der Waals surface area contributed by atoms with Crippen LogP contribution in [-0.4, -0.2) is 56.8 Å². The topological polar surface area (TPSA) is 120 Å². The maximum atomic E-state index is 12.1. The number of anilines is 1. The Morgan fingerprint density at radius 1 is 1.36 bits per heavy atom. The number of aliphatic hydroxyl groups excluding tert-OH is 1. The van der Waals surface area contributed by atoms with Crippen molar-refractivity contribution in [2.45, 2.75) is 4.34 Å². The zero-order valence-electron chi connectivity index (χ0n) is 12.8. The highest BCUT2D eigenvalue weighted by Gasteiger charge is 2.30. The molecule has 1 aromatic carbocycles. The zero-order chi connectivity index (χ0) is 18.0. The lowest BCUT2D eigenvalue weighted by molar-refractivity contribution is -0.138. The van der Waals surface area contributed by atoms with Gasteiger partial charge in [0.15, 0.2) is 4.34 Å². The van der Waals surface area contributed by atoms with Crippen LogP contribution in [0.4, 0.5) is 5.69 Å². The summed E-state index contributed by atoms with van der Waals surface area (Å²) >= 11 is 2.50. The van der Waals surface area contributed by atoms with Crippen LogP contribution < -0.4 is 5.32 Å². The van der Waals surface area contributed by atoms with E-state index in [9.17, 15) is 14.4 Å². The van der Waals surface area contributed by atoms with E-state index in [0.717, 1.165) is 26.9 Å². The molecule has 0 spiro atoms. The molecule has 0 radical (unpaired) electrons. The number of carbonyl (C=O) groups excluding carboxylic acids is 2. The second-order valence-corrected chi connectivity index (χ2v) is 7.30. The number of nitrogens with one attached hydrogen (secondary N) is 1. The van der Waals surface area contributed by atoms with Crippen LogP contribution >= 0.6 is 23.1 Å². The number of rotatable bonds is 7. The molecule has 0 fully saturated rings. The summed E-state index contributed by atoms with van der Waals surface area (Å²) < 4.78 is 1.48. The van der Waals surface area contributed by atoms with Crippen LogP contribution in [0.15, 0.2) is 34.3 Å². The second-order valence-electron chi connectivity index (χ2n) is 5.05. The Morgan fingerprint density at radius 2 is 2.16 bits per heavy atom. The average molecular weight is 379 g/mol. The lowest BCUT2D eigenvalue weighted by atomic mass is 10.3. The van der Waals surface area contributed by atoms with Crippen molar-refractivity contribution >= 4 is 56.8 Å². The Balaban J connectivity index is 1.76. The minimum absolute atomic E-state index is 0.0443. The highest BCUT2D eigenvalue weighted by molar-refractivity contribution is 8.01. The highest BCUT2D eigenvalue weighted by Crippen LogP contribution is 2.31. The minimum atomic E-state index is -0.907. The van der Waals surface area contributed by atoms with Gasteiger partial charge in [-0.2, -0.15) is 0 Å². The molecule has 3 N–H and O–H groups in total. The molecule has 10 heteroatoms. The van der Waals surface area contributed by atoms with Crippen molar-refractivity contribution in [2.24, 2.45) is 0 Å². The number of carboxylic acid groups (broad SMARTS) is 1. The molecule has 0 aliphatic carbocycles. The average Bonchev–Trinajstić information content (AvgIpc) is 3.09. The summed E-state index contributed by atoms with van der Waals surface area (Å²) in [5.74, 6) is -1.92. The van der Waals surface area contributed by atoms with E-state index < -0.39 is 17.8 Å². The summed E-state index contributed by atoms with van der Waals surface area (Å²) in [5, 5.41) is 20.5. The number of aliphatic carboxylic acids is 1. The van der Waals surface area contributed by atoms with Gasteiger partial charge in [-0.1, -0.05) is 11.8 Å². The first-order chi connectivity index (χ1) is 12.0. The van der Waals surface area contributed by atoms with Crippen molar-refractivity contribution in [3.05, 3.63) is 30.0 Å².